The minimum absolute atomic E-state index is 0.0451. The van der Waals surface area contributed by atoms with Gasteiger partial charge in [0.2, 0.25) is 5.91 Å². The fourth-order valence-electron chi connectivity index (χ4n) is 3.57. The van der Waals surface area contributed by atoms with Gasteiger partial charge in [-0.15, -0.1) is 0 Å². The zero-order valence-corrected chi connectivity index (χ0v) is 12.3. The van der Waals surface area contributed by atoms with Crippen molar-refractivity contribution in [2.45, 2.75) is 44.7 Å². The van der Waals surface area contributed by atoms with Crippen LogP contribution in [0.25, 0.3) is 0 Å². The second-order valence-electron chi connectivity index (χ2n) is 6.28. The number of fused-ring (bicyclic) bond motifs is 1. The lowest BCUT2D eigenvalue weighted by Gasteiger charge is -2.30. The molecule has 1 aromatic carbocycles. The van der Waals surface area contributed by atoms with E-state index < -0.39 is 0 Å². The molecule has 1 aliphatic heterocycles. The summed E-state index contributed by atoms with van der Waals surface area (Å²) in [6, 6.07) is 8.37. The van der Waals surface area contributed by atoms with Gasteiger partial charge in [0.25, 0.3) is 0 Å². The lowest BCUT2D eigenvalue weighted by atomic mass is 9.95. The van der Waals surface area contributed by atoms with Crippen molar-refractivity contribution in [1.29, 1.82) is 0 Å². The Bertz CT molecular complexity index is 480. The zero-order chi connectivity index (χ0) is 13.9. The van der Waals surface area contributed by atoms with Crippen molar-refractivity contribution in [2.24, 2.45) is 5.92 Å². The lowest BCUT2D eigenvalue weighted by molar-refractivity contribution is -0.132. The first-order chi connectivity index (χ1) is 9.74. The van der Waals surface area contributed by atoms with E-state index in [1.807, 2.05) is 11.9 Å². The van der Waals surface area contributed by atoms with Gasteiger partial charge in [-0.25, -0.2) is 0 Å². The smallest absolute Gasteiger partial charge is 0.239 e. The lowest BCUT2D eigenvalue weighted by Crippen LogP contribution is -2.49. The van der Waals surface area contributed by atoms with Crippen LogP contribution in [0.2, 0.25) is 0 Å². The number of nitrogens with zero attached hydrogens (tertiary/aromatic N) is 1. The number of hydrogen-bond acceptors (Lipinski definition) is 2. The van der Waals surface area contributed by atoms with E-state index in [1.54, 1.807) is 0 Å². The quantitative estimate of drug-likeness (QED) is 0.916. The third-order valence-electron chi connectivity index (χ3n) is 4.76. The molecule has 0 bridgehead atoms. The fraction of sp³-hybridized carbons (Fsp3) is 0.588. The third-order valence-corrected chi connectivity index (χ3v) is 4.76. The van der Waals surface area contributed by atoms with Gasteiger partial charge < -0.3 is 10.2 Å². The Morgan fingerprint density at radius 1 is 1.25 bits per heavy atom. The summed E-state index contributed by atoms with van der Waals surface area (Å²) in [5.74, 6) is 0.978. The van der Waals surface area contributed by atoms with Crippen molar-refractivity contribution in [2.75, 3.05) is 13.6 Å². The number of carbonyl (C=O) groups excluding carboxylic acids is 1. The number of hydrogen-bond donors (Lipinski definition) is 1. The summed E-state index contributed by atoms with van der Waals surface area (Å²) < 4.78 is 0. The molecule has 1 aliphatic carbocycles. The van der Waals surface area contributed by atoms with Crippen LogP contribution < -0.4 is 5.32 Å². The van der Waals surface area contributed by atoms with Crippen molar-refractivity contribution in [1.82, 2.24) is 10.2 Å². The largest absolute Gasteiger partial charge is 0.344 e. The van der Waals surface area contributed by atoms with E-state index in [0.717, 1.165) is 25.4 Å². The van der Waals surface area contributed by atoms with Gasteiger partial charge in [-0.1, -0.05) is 37.1 Å². The van der Waals surface area contributed by atoms with Crippen LogP contribution in [0.4, 0.5) is 0 Å². The van der Waals surface area contributed by atoms with E-state index in [9.17, 15) is 4.79 Å². The third kappa shape index (κ3) is 2.88. The summed E-state index contributed by atoms with van der Waals surface area (Å²) in [4.78, 5) is 14.5. The van der Waals surface area contributed by atoms with Crippen LogP contribution in [0, 0.1) is 5.92 Å². The normalized spacial score (nSPS) is 22.6. The minimum Gasteiger partial charge on any atom is -0.344 e. The molecule has 1 N–H and O–H groups in total. The summed E-state index contributed by atoms with van der Waals surface area (Å²) in [7, 11) is 1.96. The van der Waals surface area contributed by atoms with Gasteiger partial charge in [0.15, 0.2) is 0 Å². The second-order valence-corrected chi connectivity index (χ2v) is 6.28. The monoisotopic (exact) mass is 272 g/mol. The zero-order valence-electron chi connectivity index (χ0n) is 12.3. The second kappa shape index (κ2) is 5.96. The van der Waals surface area contributed by atoms with Crippen molar-refractivity contribution in [3.63, 3.8) is 0 Å². The molecule has 3 heteroatoms. The molecule has 108 valence electrons. The van der Waals surface area contributed by atoms with Gasteiger partial charge in [-0.2, -0.15) is 0 Å². The highest BCUT2D eigenvalue weighted by molar-refractivity contribution is 5.82. The van der Waals surface area contributed by atoms with Gasteiger partial charge in [0.1, 0.15) is 0 Å². The highest BCUT2D eigenvalue weighted by Crippen LogP contribution is 2.25. The molecule has 1 aromatic rings. The summed E-state index contributed by atoms with van der Waals surface area (Å²) in [6.07, 6.45) is 6.07. The summed E-state index contributed by atoms with van der Waals surface area (Å²) in [6.45, 7) is 1.74. The van der Waals surface area contributed by atoms with E-state index in [4.69, 9.17) is 0 Å². The van der Waals surface area contributed by atoms with Crippen molar-refractivity contribution < 1.29 is 4.79 Å². The Balaban J connectivity index is 1.60. The molecular weight excluding hydrogens is 248 g/mol. The first-order valence-electron chi connectivity index (χ1n) is 7.79. The predicted octanol–water partition coefficient (Wildman–Crippen LogP) is 2.35. The fourth-order valence-corrected chi connectivity index (χ4v) is 3.57. The maximum atomic E-state index is 12.6. The summed E-state index contributed by atoms with van der Waals surface area (Å²) in [5.41, 5.74) is 2.65. The molecule has 1 amide bonds. The maximum Gasteiger partial charge on any atom is 0.239 e. The summed E-state index contributed by atoms with van der Waals surface area (Å²) in [5, 5.41) is 3.39. The van der Waals surface area contributed by atoms with Gasteiger partial charge in [0.05, 0.1) is 6.04 Å². The van der Waals surface area contributed by atoms with Crippen molar-refractivity contribution in [3.05, 3.63) is 35.4 Å². The van der Waals surface area contributed by atoms with Crippen molar-refractivity contribution >= 4 is 5.91 Å². The van der Waals surface area contributed by atoms with Crippen LogP contribution in [0.15, 0.2) is 24.3 Å². The maximum absolute atomic E-state index is 12.6. The molecule has 0 radical (unpaired) electrons. The van der Waals surface area contributed by atoms with Crippen LogP contribution in [0.1, 0.15) is 36.8 Å². The number of likely N-dealkylation sites (N-methyl/N-ethyl adjacent to an activating group) is 1. The van der Waals surface area contributed by atoms with E-state index in [-0.39, 0.29) is 11.9 Å². The molecule has 2 aliphatic rings. The van der Waals surface area contributed by atoms with Crippen LogP contribution >= 0.6 is 0 Å². The molecule has 1 heterocycles. The molecular formula is C17H24N2O. The molecule has 3 rings (SSSR count). The Morgan fingerprint density at radius 2 is 1.95 bits per heavy atom. The molecule has 0 saturated heterocycles. The number of rotatable bonds is 3. The first-order valence-corrected chi connectivity index (χ1v) is 7.79. The average molecular weight is 272 g/mol. The Labute approximate surface area is 121 Å². The average Bonchev–Trinajstić information content (AvgIpc) is 2.99. The number of amides is 1. The Kier molecular flexibility index (Phi) is 4.06. The minimum atomic E-state index is -0.0451. The summed E-state index contributed by atoms with van der Waals surface area (Å²) >= 11 is 0. The highest BCUT2D eigenvalue weighted by Gasteiger charge is 2.28. The van der Waals surface area contributed by atoms with E-state index in [0.29, 0.717) is 0 Å². The van der Waals surface area contributed by atoms with Gasteiger partial charge >= 0.3 is 0 Å². The molecule has 3 nitrogen and oxygen atoms in total. The molecule has 0 aromatic heterocycles. The Hall–Kier alpha value is -1.35. The van der Waals surface area contributed by atoms with Crippen LogP contribution in [0.5, 0.6) is 0 Å². The molecule has 1 saturated carbocycles. The topological polar surface area (TPSA) is 32.3 Å². The van der Waals surface area contributed by atoms with Gasteiger partial charge in [0, 0.05) is 20.1 Å². The number of carbonyl (C=O) groups is 1. The molecule has 1 fully saturated rings. The number of benzene rings is 1. The van der Waals surface area contributed by atoms with E-state index >= 15 is 0 Å². The van der Waals surface area contributed by atoms with Gasteiger partial charge in [-0.05, 0) is 36.3 Å². The molecule has 0 unspecified atom stereocenters. The molecule has 0 spiro atoms. The highest BCUT2D eigenvalue weighted by atomic mass is 16.2. The predicted molar refractivity (Wildman–Crippen MR) is 80.4 cm³/mol. The number of nitrogens with one attached hydrogen (secondary N) is 1. The van der Waals surface area contributed by atoms with Crippen LogP contribution in [-0.4, -0.2) is 30.4 Å². The Morgan fingerprint density at radius 3 is 2.70 bits per heavy atom. The first kappa shape index (κ1) is 13.6. The van der Waals surface area contributed by atoms with E-state index in [1.165, 1.54) is 36.8 Å². The van der Waals surface area contributed by atoms with Crippen molar-refractivity contribution in [3.8, 4) is 0 Å². The van der Waals surface area contributed by atoms with Crippen LogP contribution in [-0.2, 0) is 17.8 Å². The van der Waals surface area contributed by atoms with Crippen LogP contribution in [0.3, 0.4) is 0 Å². The molecule has 20 heavy (non-hydrogen) atoms. The van der Waals surface area contributed by atoms with Gasteiger partial charge in [-0.3, -0.25) is 4.79 Å². The molecule has 1 atom stereocenters. The standard InChI is InChI=1S/C17H24N2O/c1-19(12-13-6-2-3-7-13)17(20)16-10-14-8-4-5-9-15(14)11-18-16/h4-5,8-9,13,16,18H,2-3,6-7,10-12H2,1H3/t16-/m0/s1. The SMILES string of the molecule is CN(CC1CCCC1)C(=O)[C@@H]1Cc2ccccc2CN1. The van der Waals surface area contributed by atoms with E-state index in [2.05, 4.69) is 29.6 Å².